The molecule has 0 aliphatic carbocycles. The molecule has 0 spiro atoms. The molecular formula is C17H33N3O. The van der Waals surface area contributed by atoms with Crippen LogP contribution in [-0.2, 0) is 4.79 Å². The number of nitrogens with two attached hydrogens (primary N) is 1. The lowest BCUT2D eigenvalue weighted by atomic mass is 9.93. The Morgan fingerprint density at radius 1 is 1.19 bits per heavy atom. The van der Waals surface area contributed by atoms with Crippen LogP contribution in [0.3, 0.4) is 0 Å². The monoisotopic (exact) mass is 295 g/mol. The summed E-state index contributed by atoms with van der Waals surface area (Å²) in [6.07, 6.45) is 6.45. The van der Waals surface area contributed by atoms with Crippen molar-refractivity contribution in [2.24, 2.45) is 17.6 Å². The molecule has 2 rings (SSSR count). The van der Waals surface area contributed by atoms with Gasteiger partial charge < -0.3 is 15.5 Å². The van der Waals surface area contributed by atoms with Crippen molar-refractivity contribution in [1.29, 1.82) is 0 Å². The zero-order chi connectivity index (χ0) is 15.4. The molecule has 0 aromatic carbocycles. The summed E-state index contributed by atoms with van der Waals surface area (Å²) in [6.45, 7) is 10.5. The van der Waals surface area contributed by atoms with Crippen molar-refractivity contribution in [3.05, 3.63) is 0 Å². The van der Waals surface area contributed by atoms with Crippen LogP contribution in [0.15, 0.2) is 0 Å². The first-order valence-corrected chi connectivity index (χ1v) is 8.77. The van der Waals surface area contributed by atoms with Crippen LogP contribution < -0.4 is 5.73 Å². The van der Waals surface area contributed by atoms with E-state index in [1.165, 1.54) is 32.2 Å². The Balaban J connectivity index is 1.87. The lowest BCUT2D eigenvalue weighted by Crippen LogP contribution is -2.49. The van der Waals surface area contributed by atoms with Crippen LogP contribution >= 0.6 is 0 Å². The van der Waals surface area contributed by atoms with E-state index in [1.807, 2.05) is 13.8 Å². The van der Waals surface area contributed by atoms with Crippen molar-refractivity contribution in [1.82, 2.24) is 9.80 Å². The van der Waals surface area contributed by atoms with Crippen LogP contribution in [0, 0.1) is 11.8 Å². The predicted molar refractivity (Wildman–Crippen MR) is 87.0 cm³/mol. The Hall–Kier alpha value is -0.610. The average molecular weight is 295 g/mol. The number of carbonyl (C=O) groups is 1. The molecule has 2 heterocycles. The molecule has 2 aliphatic heterocycles. The van der Waals surface area contributed by atoms with Gasteiger partial charge in [-0.1, -0.05) is 13.3 Å². The Bertz CT molecular complexity index is 345. The van der Waals surface area contributed by atoms with Gasteiger partial charge in [-0.2, -0.15) is 0 Å². The topological polar surface area (TPSA) is 49.6 Å². The first-order valence-electron chi connectivity index (χ1n) is 8.77. The number of hydrogen-bond donors (Lipinski definition) is 1. The molecule has 4 nitrogen and oxygen atoms in total. The molecule has 2 fully saturated rings. The molecule has 4 heteroatoms. The Labute approximate surface area is 130 Å². The second-order valence-electron chi connectivity index (χ2n) is 7.28. The minimum Gasteiger partial charge on any atom is -0.342 e. The van der Waals surface area contributed by atoms with E-state index in [1.54, 1.807) is 0 Å². The van der Waals surface area contributed by atoms with Crippen LogP contribution in [0.25, 0.3) is 0 Å². The van der Waals surface area contributed by atoms with Crippen LogP contribution in [0.1, 0.15) is 52.9 Å². The Morgan fingerprint density at radius 2 is 1.95 bits per heavy atom. The highest BCUT2D eigenvalue weighted by Crippen LogP contribution is 2.23. The van der Waals surface area contributed by atoms with E-state index < -0.39 is 0 Å². The first kappa shape index (κ1) is 16.8. The van der Waals surface area contributed by atoms with E-state index in [-0.39, 0.29) is 17.9 Å². The molecule has 122 valence electrons. The van der Waals surface area contributed by atoms with Gasteiger partial charge in [-0.15, -0.1) is 0 Å². The maximum atomic E-state index is 12.5. The number of amides is 1. The molecule has 0 saturated carbocycles. The van der Waals surface area contributed by atoms with Gasteiger partial charge in [0.25, 0.3) is 0 Å². The highest BCUT2D eigenvalue weighted by atomic mass is 16.2. The number of piperidine rings is 2. The minimum atomic E-state index is -0.0577. The zero-order valence-corrected chi connectivity index (χ0v) is 14.1. The molecule has 2 aliphatic rings. The third-order valence-corrected chi connectivity index (χ3v) is 5.44. The summed E-state index contributed by atoms with van der Waals surface area (Å²) in [7, 11) is 0. The lowest BCUT2D eigenvalue weighted by Gasteiger charge is -2.40. The number of carbonyl (C=O) groups excluding carboxylic acids is 1. The van der Waals surface area contributed by atoms with Gasteiger partial charge in [-0.05, 0) is 52.0 Å². The summed E-state index contributed by atoms with van der Waals surface area (Å²) in [5.74, 6) is 0.836. The molecule has 1 amide bonds. The molecular weight excluding hydrogens is 262 g/mol. The van der Waals surface area contributed by atoms with E-state index in [2.05, 4.69) is 16.7 Å². The third-order valence-electron chi connectivity index (χ3n) is 5.44. The average Bonchev–Trinajstić information content (AvgIpc) is 2.48. The molecule has 0 bridgehead atoms. The Kier molecular flexibility index (Phi) is 6.06. The largest absolute Gasteiger partial charge is 0.342 e. The standard InChI is InChI=1S/C17H33N3O/c1-13-7-4-5-9-19(13)11-16-8-6-10-20(12-16)17(21)14(2)15(3)18/h13-16H,4-12,18H2,1-3H3. The van der Waals surface area contributed by atoms with Gasteiger partial charge in [0.05, 0.1) is 5.92 Å². The molecule has 4 unspecified atom stereocenters. The second kappa shape index (κ2) is 7.59. The van der Waals surface area contributed by atoms with Crippen LogP contribution in [-0.4, -0.2) is 54.0 Å². The van der Waals surface area contributed by atoms with E-state index in [0.717, 1.165) is 26.1 Å². The Morgan fingerprint density at radius 3 is 2.62 bits per heavy atom. The molecule has 0 radical (unpaired) electrons. The van der Waals surface area contributed by atoms with Gasteiger partial charge in [-0.25, -0.2) is 0 Å². The predicted octanol–water partition coefficient (Wildman–Crippen LogP) is 2.08. The number of hydrogen-bond acceptors (Lipinski definition) is 3. The van der Waals surface area contributed by atoms with Gasteiger partial charge in [0, 0.05) is 31.7 Å². The lowest BCUT2D eigenvalue weighted by molar-refractivity contribution is -0.137. The van der Waals surface area contributed by atoms with E-state index in [0.29, 0.717) is 12.0 Å². The van der Waals surface area contributed by atoms with Crippen molar-refractivity contribution in [2.75, 3.05) is 26.2 Å². The fraction of sp³-hybridized carbons (Fsp3) is 0.941. The normalized spacial score (nSPS) is 31.0. The summed E-state index contributed by atoms with van der Waals surface area (Å²) >= 11 is 0. The maximum Gasteiger partial charge on any atom is 0.226 e. The van der Waals surface area contributed by atoms with Crippen molar-refractivity contribution in [3.8, 4) is 0 Å². The summed E-state index contributed by atoms with van der Waals surface area (Å²) in [5.41, 5.74) is 5.89. The zero-order valence-electron chi connectivity index (χ0n) is 14.1. The first-order chi connectivity index (χ1) is 9.99. The number of rotatable bonds is 4. The van der Waals surface area contributed by atoms with Gasteiger partial charge in [0.1, 0.15) is 0 Å². The molecule has 4 atom stereocenters. The summed E-state index contributed by atoms with van der Waals surface area (Å²) in [4.78, 5) is 17.2. The number of likely N-dealkylation sites (tertiary alicyclic amines) is 2. The maximum absolute atomic E-state index is 12.5. The molecule has 2 N–H and O–H groups in total. The van der Waals surface area contributed by atoms with Crippen molar-refractivity contribution >= 4 is 5.91 Å². The fourth-order valence-corrected chi connectivity index (χ4v) is 3.69. The highest BCUT2D eigenvalue weighted by Gasteiger charge is 2.30. The van der Waals surface area contributed by atoms with E-state index >= 15 is 0 Å². The van der Waals surface area contributed by atoms with E-state index in [4.69, 9.17) is 5.73 Å². The minimum absolute atomic E-state index is 0.0556. The summed E-state index contributed by atoms with van der Waals surface area (Å²) in [6, 6.07) is 0.660. The van der Waals surface area contributed by atoms with Gasteiger partial charge in [-0.3, -0.25) is 4.79 Å². The summed E-state index contributed by atoms with van der Waals surface area (Å²) in [5, 5.41) is 0. The molecule has 0 aromatic heterocycles. The van der Waals surface area contributed by atoms with Gasteiger partial charge in [0.2, 0.25) is 5.91 Å². The fourth-order valence-electron chi connectivity index (χ4n) is 3.69. The van der Waals surface area contributed by atoms with Gasteiger partial charge in [0.15, 0.2) is 0 Å². The quantitative estimate of drug-likeness (QED) is 0.864. The van der Waals surface area contributed by atoms with E-state index in [9.17, 15) is 4.79 Å². The SMILES string of the molecule is CC(N)C(C)C(=O)N1CCCC(CN2CCCCC2C)C1. The molecule has 2 saturated heterocycles. The van der Waals surface area contributed by atoms with Crippen LogP contribution in [0.4, 0.5) is 0 Å². The molecule has 21 heavy (non-hydrogen) atoms. The third kappa shape index (κ3) is 4.43. The highest BCUT2D eigenvalue weighted by molar-refractivity contribution is 5.79. The smallest absolute Gasteiger partial charge is 0.226 e. The van der Waals surface area contributed by atoms with Crippen LogP contribution in [0.5, 0.6) is 0 Å². The molecule has 0 aromatic rings. The van der Waals surface area contributed by atoms with Gasteiger partial charge >= 0.3 is 0 Å². The van der Waals surface area contributed by atoms with Crippen molar-refractivity contribution in [2.45, 2.75) is 65.0 Å². The second-order valence-corrected chi connectivity index (χ2v) is 7.28. The number of nitrogens with zero attached hydrogens (tertiary/aromatic N) is 2. The van der Waals surface area contributed by atoms with Crippen molar-refractivity contribution < 1.29 is 4.79 Å². The van der Waals surface area contributed by atoms with Crippen LogP contribution in [0.2, 0.25) is 0 Å². The van der Waals surface area contributed by atoms with Crippen molar-refractivity contribution in [3.63, 3.8) is 0 Å². The summed E-state index contributed by atoms with van der Waals surface area (Å²) < 4.78 is 0.